The fraction of sp³-hybridized carbons (Fsp3) is 0.500. The molecule has 0 aliphatic carbocycles. The van der Waals surface area contributed by atoms with Crippen molar-refractivity contribution in [3.05, 3.63) is 42.2 Å². The number of nitrogens with zero attached hydrogens (tertiary/aromatic N) is 5. The number of benzene rings is 1. The second-order valence-corrected chi connectivity index (χ2v) is 7.44. The molecule has 30 heavy (non-hydrogen) atoms. The van der Waals surface area contributed by atoms with Gasteiger partial charge in [-0.1, -0.05) is 17.7 Å². The number of carbonyl (C=O) groups excluding carboxylic acids is 1. The van der Waals surface area contributed by atoms with E-state index < -0.39 is 0 Å². The molecule has 8 nitrogen and oxygen atoms in total. The number of piperazine rings is 1. The molecule has 1 saturated heterocycles. The van der Waals surface area contributed by atoms with Crippen molar-refractivity contribution in [1.82, 2.24) is 20.0 Å². The average Bonchev–Trinajstić information content (AvgIpc) is 3.17. The zero-order chi connectivity index (χ0) is 21.3. The molecule has 8 heteroatoms. The number of hydrogen-bond donors (Lipinski definition) is 1. The Morgan fingerprint density at radius 3 is 2.70 bits per heavy atom. The predicted molar refractivity (Wildman–Crippen MR) is 119 cm³/mol. The van der Waals surface area contributed by atoms with Gasteiger partial charge >= 0.3 is 0 Å². The first-order chi connectivity index (χ1) is 14.6. The molecule has 0 spiro atoms. The normalized spacial score (nSPS) is 14.9. The van der Waals surface area contributed by atoms with Crippen LogP contribution >= 0.6 is 0 Å². The maximum absolute atomic E-state index is 12.6. The summed E-state index contributed by atoms with van der Waals surface area (Å²) in [6.45, 7) is 7.94. The van der Waals surface area contributed by atoms with Gasteiger partial charge in [-0.05, 0) is 38.8 Å². The molecule has 1 aliphatic heterocycles. The molecule has 1 aromatic carbocycles. The lowest BCUT2D eigenvalue weighted by Crippen LogP contribution is -2.55. The second-order valence-electron chi connectivity index (χ2n) is 7.44. The number of aliphatic imine (C=N–C) groups is 1. The van der Waals surface area contributed by atoms with Crippen LogP contribution in [0.4, 0.5) is 5.69 Å². The summed E-state index contributed by atoms with van der Waals surface area (Å²) < 4.78 is 7.48. The monoisotopic (exact) mass is 412 g/mol. The van der Waals surface area contributed by atoms with E-state index in [9.17, 15) is 4.79 Å². The fourth-order valence-corrected chi connectivity index (χ4v) is 3.32. The van der Waals surface area contributed by atoms with Gasteiger partial charge in [-0.25, -0.2) is 0 Å². The summed E-state index contributed by atoms with van der Waals surface area (Å²) in [6.07, 6.45) is 5.46. The largest absolute Gasteiger partial charge is 0.494 e. The van der Waals surface area contributed by atoms with Gasteiger partial charge in [-0.15, -0.1) is 0 Å². The minimum Gasteiger partial charge on any atom is -0.494 e. The number of aryl methyl sites for hydroxylation is 2. The van der Waals surface area contributed by atoms with E-state index in [2.05, 4.69) is 29.5 Å². The minimum absolute atomic E-state index is 0.0614. The number of aromatic nitrogens is 2. The Hall–Kier alpha value is -3.03. The highest BCUT2D eigenvalue weighted by molar-refractivity contribution is 5.98. The SMILES string of the molecule is CCNC(=NCCCCOc1ccc(C)cc1)N1CCN(c2cnn(C)c2)C(=O)C1. The van der Waals surface area contributed by atoms with Crippen molar-refractivity contribution in [3.63, 3.8) is 0 Å². The van der Waals surface area contributed by atoms with Crippen LogP contribution in [0.3, 0.4) is 0 Å². The molecule has 0 saturated carbocycles. The van der Waals surface area contributed by atoms with Crippen molar-refractivity contribution < 1.29 is 9.53 Å². The molecule has 0 radical (unpaired) electrons. The van der Waals surface area contributed by atoms with Crippen molar-refractivity contribution in [2.45, 2.75) is 26.7 Å². The van der Waals surface area contributed by atoms with Crippen LogP contribution in [0.1, 0.15) is 25.3 Å². The van der Waals surface area contributed by atoms with Gasteiger partial charge in [0.05, 0.1) is 18.5 Å². The average molecular weight is 413 g/mol. The second kappa shape index (κ2) is 10.7. The Kier molecular flexibility index (Phi) is 7.70. The zero-order valence-electron chi connectivity index (χ0n) is 18.2. The first kappa shape index (κ1) is 21.7. The molecule has 1 amide bonds. The third kappa shape index (κ3) is 5.98. The van der Waals surface area contributed by atoms with Gasteiger partial charge in [0.25, 0.3) is 0 Å². The number of carbonyl (C=O) groups is 1. The van der Waals surface area contributed by atoms with Gasteiger partial charge in [0.1, 0.15) is 12.3 Å². The number of hydrogen-bond acceptors (Lipinski definition) is 4. The van der Waals surface area contributed by atoms with Crippen molar-refractivity contribution >= 4 is 17.6 Å². The highest BCUT2D eigenvalue weighted by Crippen LogP contribution is 2.16. The van der Waals surface area contributed by atoms with E-state index in [0.717, 1.165) is 43.3 Å². The first-order valence-electron chi connectivity index (χ1n) is 10.6. The standard InChI is InChI=1S/C22H32N6O2/c1-4-23-22(24-11-5-6-14-30-20-9-7-18(2)8-10-20)27-12-13-28(21(29)17-27)19-15-25-26(3)16-19/h7-10,15-16H,4-6,11-14,17H2,1-3H3,(H,23,24). The summed E-state index contributed by atoms with van der Waals surface area (Å²) >= 11 is 0. The first-order valence-corrected chi connectivity index (χ1v) is 10.6. The molecule has 2 heterocycles. The topological polar surface area (TPSA) is 75.0 Å². The van der Waals surface area contributed by atoms with Gasteiger partial charge in [0, 0.05) is 39.4 Å². The fourth-order valence-electron chi connectivity index (χ4n) is 3.32. The Morgan fingerprint density at radius 2 is 2.03 bits per heavy atom. The van der Waals surface area contributed by atoms with Gasteiger partial charge in [0.15, 0.2) is 5.96 Å². The molecule has 1 N–H and O–H groups in total. The van der Waals surface area contributed by atoms with Gasteiger partial charge < -0.3 is 19.9 Å². The van der Waals surface area contributed by atoms with E-state index in [4.69, 9.17) is 9.73 Å². The van der Waals surface area contributed by atoms with Crippen LogP contribution in [0, 0.1) is 6.92 Å². The number of amides is 1. The molecule has 0 unspecified atom stereocenters. The molecule has 1 aliphatic rings. The van der Waals surface area contributed by atoms with Crippen LogP contribution in [0.15, 0.2) is 41.7 Å². The van der Waals surface area contributed by atoms with Crippen LogP contribution in [-0.4, -0.2) is 65.9 Å². The number of unbranched alkanes of at least 4 members (excludes halogenated alkanes) is 1. The lowest BCUT2D eigenvalue weighted by atomic mass is 10.2. The molecule has 0 bridgehead atoms. The maximum atomic E-state index is 12.6. The van der Waals surface area contributed by atoms with Crippen LogP contribution in [0.2, 0.25) is 0 Å². The van der Waals surface area contributed by atoms with E-state index >= 15 is 0 Å². The van der Waals surface area contributed by atoms with Crippen LogP contribution in [0.5, 0.6) is 5.75 Å². The van der Waals surface area contributed by atoms with Crippen molar-refractivity contribution in [2.75, 3.05) is 44.2 Å². The number of anilines is 1. The van der Waals surface area contributed by atoms with E-state index in [-0.39, 0.29) is 5.91 Å². The number of ether oxygens (including phenoxy) is 1. The van der Waals surface area contributed by atoms with Gasteiger partial charge in [-0.3, -0.25) is 14.5 Å². The summed E-state index contributed by atoms with van der Waals surface area (Å²) in [6, 6.07) is 8.10. The number of nitrogens with one attached hydrogen (secondary N) is 1. The van der Waals surface area contributed by atoms with E-state index in [0.29, 0.717) is 26.2 Å². The summed E-state index contributed by atoms with van der Waals surface area (Å²) in [4.78, 5) is 21.2. The summed E-state index contributed by atoms with van der Waals surface area (Å²) in [5.41, 5.74) is 2.07. The van der Waals surface area contributed by atoms with Gasteiger partial charge in [-0.2, -0.15) is 5.10 Å². The van der Waals surface area contributed by atoms with E-state index in [1.54, 1.807) is 15.8 Å². The van der Waals surface area contributed by atoms with E-state index in [1.165, 1.54) is 5.56 Å². The Labute approximate surface area is 178 Å². The maximum Gasteiger partial charge on any atom is 0.246 e. The van der Waals surface area contributed by atoms with E-state index in [1.807, 2.05) is 37.2 Å². The number of rotatable bonds is 8. The highest BCUT2D eigenvalue weighted by atomic mass is 16.5. The third-order valence-corrected chi connectivity index (χ3v) is 4.96. The summed E-state index contributed by atoms with van der Waals surface area (Å²) in [5, 5.41) is 7.47. The zero-order valence-corrected chi connectivity index (χ0v) is 18.2. The molecular formula is C22H32N6O2. The van der Waals surface area contributed by atoms with Gasteiger partial charge in [0.2, 0.25) is 5.91 Å². The molecule has 3 rings (SSSR count). The molecule has 2 aromatic rings. The summed E-state index contributed by atoms with van der Waals surface area (Å²) in [5.74, 6) is 1.77. The Balaban J connectivity index is 1.44. The Morgan fingerprint density at radius 1 is 1.23 bits per heavy atom. The third-order valence-electron chi connectivity index (χ3n) is 4.96. The van der Waals surface area contributed by atoms with Crippen molar-refractivity contribution in [2.24, 2.45) is 12.0 Å². The minimum atomic E-state index is 0.0614. The van der Waals surface area contributed by atoms with Crippen LogP contribution in [-0.2, 0) is 11.8 Å². The molecular weight excluding hydrogens is 380 g/mol. The summed E-state index contributed by atoms with van der Waals surface area (Å²) in [7, 11) is 1.85. The lowest BCUT2D eigenvalue weighted by molar-refractivity contribution is -0.120. The highest BCUT2D eigenvalue weighted by Gasteiger charge is 2.27. The predicted octanol–water partition coefficient (Wildman–Crippen LogP) is 2.20. The smallest absolute Gasteiger partial charge is 0.246 e. The lowest BCUT2D eigenvalue weighted by Gasteiger charge is -2.35. The number of guanidine groups is 1. The van der Waals surface area contributed by atoms with Crippen LogP contribution < -0.4 is 15.0 Å². The quantitative estimate of drug-likeness (QED) is 0.409. The van der Waals surface area contributed by atoms with Crippen LogP contribution in [0.25, 0.3) is 0 Å². The molecule has 162 valence electrons. The Bertz CT molecular complexity index is 846. The molecule has 0 atom stereocenters. The molecule has 1 aromatic heterocycles. The van der Waals surface area contributed by atoms with Crippen molar-refractivity contribution in [1.29, 1.82) is 0 Å². The molecule has 1 fully saturated rings. The van der Waals surface area contributed by atoms with Crippen molar-refractivity contribution in [3.8, 4) is 5.75 Å².